The Morgan fingerprint density at radius 1 is 1.09 bits per heavy atom. The molecule has 0 saturated carbocycles. The number of hydrogen-bond acceptors (Lipinski definition) is 4. The molecular weight excluding hydrogens is 309 g/mol. The fraction of sp³-hybridized carbons (Fsp3) is 0.400. The number of halogens is 3. The van der Waals surface area contributed by atoms with Crippen LogP contribution in [0.3, 0.4) is 0 Å². The van der Waals surface area contributed by atoms with Gasteiger partial charge in [0.25, 0.3) is 0 Å². The molecule has 0 N–H and O–H groups in total. The fourth-order valence-electron chi connectivity index (χ4n) is 2.66. The first kappa shape index (κ1) is 15.5. The maximum absolute atomic E-state index is 13.0. The quantitative estimate of drug-likeness (QED) is 0.808. The molecule has 5 nitrogen and oxygen atoms in total. The smallest absolute Gasteiger partial charge is 0.352 e. The van der Waals surface area contributed by atoms with Crippen LogP contribution in [-0.4, -0.2) is 47.0 Å². The van der Waals surface area contributed by atoms with E-state index in [4.69, 9.17) is 0 Å². The molecule has 3 rings (SSSR count). The van der Waals surface area contributed by atoms with E-state index in [-0.39, 0.29) is 17.2 Å². The molecule has 0 aliphatic carbocycles. The van der Waals surface area contributed by atoms with Gasteiger partial charge in [-0.25, -0.2) is 9.97 Å². The molecule has 2 heterocycles. The van der Waals surface area contributed by atoms with Crippen molar-refractivity contribution in [3.8, 4) is 0 Å². The lowest BCUT2D eigenvalue weighted by molar-refractivity contribution is -0.144. The molecule has 1 aromatic heterocycles. The number of amides is 1. The summed E-state index contributed by atoms with van der Waals surface area (Å²) in [6, 6.07) is 6.64. The number of alkyl halides is 3. The van der Waals surface area contributed by atoms with Gasteiger partial charge in [-0.05, 0) is 12.1 Å². The van der Waals surface area contributed by atoms with Crippen LogP contribution in [0, 0.1) is 0 Å². The van der Waals surface area contributed by atoms with Crippen LogP contribution < -0.4 is 4.90 Å². The third-order valence-corrected chi connectivity index (χ3v) is 3.86. The summed E-state index contributed by atoms with van der Waals surface area (Å²) in [5, 5.41) is 0.580. The van der Waals surface area contributed by atoms with Crippen LogP contribution in [0.4, 0.5) is 19.0 Å². The van der Waals surface area contributed by atoms with Crippen molar-refractivity contribution in [2.45, 2.75) is 13.1 Å². The third kappa shape index (κ3) is 3.06. The summed E-state index contributed by atoms with van der Waals surface area (Å²) < 4.78 is 39.1. The van der Waals surface area contributed by atoms with Crippen LogP contribution in [0.2, 0.25) is 0 Å². The van der Waals surface area contributed by atoms with Crippen LogP contribution in [0.15, 0.2) is 24.3 Å². The van der Waals surface area contributed by atoms with E-state index in [1.807, 2.05) is 0 Å². The maximum Gasteiger partial charge on any atom is 0.451 e. The van der Waals surface area contributed by atoms with Crippen molar-refractivity contribution in [3.05, 3.63) is 30.1 Å². The molecular formula is C15H15F3N4O. The highest BCUT2D eigenvalue weighted by Gasteiger charge is 2.36. The highest BCUT2D eigenvalue weighted by Crippen LogP contribution is 2.32. The van der Waals surface area contributed by atoms with E-state index in [9.17, 15) is 18.0 Å². The molecule has 1 aliphatic heterocycles. The fourth-order valence-corrected chi connectivity index (χ4v) is 2.66. The van der Waals surface area contributed by atoms with Gasteiger partial charge in [0.15, 0.2) is 0 Å². The number of fused-ring (bicyclic) bond motifs is 1. The van der Waals surface area contributed by atoms with Gasteiger partial charge in [0.05, 0.1) is 5.52 Å². The van der Waals surface area contributed by atoms with Crippen molar-refractivity contribution in [3.63, 3.8) is 0 Å². The molecule has 23 heavy (non-hydrogen) atoms. The lowest BCUT2D eigenvalue weighted by Gasteiger charge is -2.35. The Labute approximate surface area is 130 Å². The number of rotatable bonds is 1. The average Bonchev–Trinajstić information content (AvgIpc) is 2.53. The Bertz CT molecular complexity index is 739. The van der Waals surface area contributed by atoms with Crippen molar-refractivity contribution >= 4 is 22.6 Å². The summed E-state index contributed by atoms with van der Waals surface area (Å²) in [6.07, 6.45) is -4.60. The van der Waals surface area contributed by atoms with E-state index >= 15 is 0 Å². The molecule has 2 aromatic rings. The lowest BCUT2D eigenvalue weighted by atomic mass is 10.2. The number of aromatic nitrogens is 2. The van der Waals surface area contributed by atoms with Crippen molar-refractivity contribution in [2.24, 2.45) is 0 Å². The molecule has 0 spiro atoms. The predicted molar refractivity (Wildman–Crippen MR) is 79.0 cm³/mol. The minimum absolute atomic E-state index is 0.0341. The Morgan fingerprint density at radius 2 is 1.74 bits per heavy atom. The maximum atomic E-state index is 13.0. The van der Waals surface area contributed by atoms with Gasteiger partial charge in [-0.2, -0.15) is 13.2 Å². The van der Waals surface area contributed by atoms with Crippen LogP contribution in [0.1, 0.15) is 12.7 Å². The number of piperazine rings is 1. The standard InChI is InChI=1S/C15H15F3N4O/c1-10(23)21-6-8-22(9-7-21)13-11-4-2-3-5-12(11)19-14(20-13)15(16,17)18/h2-5H,6-9H2,1H3. The topological polar surface area (TPSA) is 49.3 Å². The van der Waals surface area contributed by atoms with Gasteiger partial charge in [0, 0.05) is 38.5 Å². The van der Waals surface area contributed by atoms with Gasteiger partial charge in [-0.3, -0.25) is 4.79 Å². The SMILES string of the molecule is CC(=O)N1CCN(c2nc(C(F)(F)F)nc3ccccc23)CC1. The molecule has 0 bridgehead atoms. The largest absolute Gasteiger partial charge is 0.451 e. The first-order valence-corrected chi connectivity index (χ1v) is 7.20. The highest BCUT2D eigenvalue weighted by molar-refractivity contribution is 5.89. The molecule has 1 saturated heterocycles. The number of benzene rings is 1. The number of hydrogen-bond donors (Lipinski definition) is 0. The van der Waals surface area contributed by atoms with E-state index < -0.39 is 12.0 Å². The monoisotopic (exact) mass is 324 g/mol. The zero-order valence-electron chi connectivity index (χ0n) is 12.5. The first-order valence-electron chi connectivity index (χ1n) is 7.20. The number of anilines is 1. The van der Waals surface area contributed by atoms with Crippen molar-refractivity contribution in [1.82, 2.24) is 14.9 Å². The third-order valence-electron chi connectivity index (χ3n) is 3.86. The number of para-hydroxylation sites is 1. The lowest BCUT2D eigenvalue weighted by Crippen LogP contribution is -2.48. The number of carbonyl (C=O) groups is 1. The minimum atomic E-state index is -4.60. The summed E-state index contributed by atoms with van der Waals surface area (Å²) in [7, 11) is 0. The van der Waals surface area contributed by atoms with Crippen molar-refractivity contribution in [2.75, 3.05) is 31.1 Å². The zero-order valence-corrected chi connectivity index (χ0v) is 12.5. The molecule has 0 radical (unpaired) electrons. The Kier molecular flexibility index (Phi) is 3.83. The molecule has 1 aliphatic rings. The van der Waals surface area contributed by atoms with Gasteiger partial charge in [0.2, 0.25) is 11.7 Å². The summed E-state index contributed by atoms with van der Waals surface area (Å²) >= 11 is 0. The highest BCUT2D eigenvalue weighted by atomic mass is 19.4. The van der Waals surface area contributed by atoms with Crippen LogP contribution >= 0.6 is 0 Å². The van der Waals surface area contributed by atoms with E-state index in [1.54, 1.807) is 34.1 Å². The molecule has 0 atom stereocenters. The van der Waals surface area contributed by atoms with Gasteiger partial charge in [-0.1, -0.05) is 12.1 Å². The molecule has 1 aromatic carbocycles. The summed E-state index contributed by atoms with van der Waals surface area (Å²) in [6.45, 7) is 3.30. The first-order chi connectivity index (χ1) is 10.9. The van der Waals surface area contributed by atoms with E-state index in [2.05, 4.69) is 9.97 Å². The summed E-state index contributed by atoms with van der Waals surface area (Å²) in [5.74, 6) is -0.903. The van der Waals surface area contributed by atoms with Gasteiger partial charge < -0.3 is 9.80 Å². The van der Waals surface area contributed by atoms with Crippen molar-refractivity contribution < 1.29 is 18.0 Å². The van der Waals surface area contributed by atoms with Crippen LogP contribution in [-0.2, 0) is 11.0 Å². The van der Waals surface area contributed by atoms with Gasteiger partial charge in [-0.15, -0.1) is 0 Å². The second kappa shape index (κ2) is 5.68. The van der Waals surface area contributed by atoms with E-state index in [0.717, 1.165) is 0 Å². The zero-order chi connectivity index (χ0) is 16.6. The Morgan fingerprint density at radius 3 is 2.35 bits per heavy atom. The van der Waals surface area contributed by atoms with Crippen LogP contribution in [0.25, 0.3) is 10.9 Å². The Hall–Kier alpha value is -2.38. The molecule has 0 unspecified atom stereocenters. The average molecular weight is 324 g/mol. The normalized spacial score (nSPS) is 16.0. The van der Waals surface area contributed by atoms with E-state index in [0.29, 0.717) is 31.6 Å². The summed E-state index contributed by atoms with van der Waals surface area (Å²) in [5.41, 5.74) is 0.263. The Balaban J connectivity index is 2.01. The minimum Gasteiger partial charge on any atom is -0.352 e. The van der Waals surface area contributed by atoms with E-state index in [1.165, 1.54) is 6.92 Å². The summed E-state index contributed by atoms with van der Waals surface area (Å²) in [4.78, 5) is 22.2. The molecule has 122 valence electrons. The second-order valence-corrected chi connectivity index (χ2v) is 5.38. The molecule has 8 heteroatoms. The van der Waals surface area contributed by atoms with Crippen LogP contribution in [0.5, 0.6) is 0 Å². The van der Waals surface area contributed by atoms with Gasteiger partial charge >= 0.3 is 6.18 Å². The number of nitrogens with zero attached hydrogens (tertiary/aromatic N) is 4. The second-order valence-electron chi connectivity index (χ2n) is 5.38. The molecule has 1 fully saturated rings. The van der Waals surface area contributed by atoms with Gasteiger partial charge in [0.1, 0.15) is 5.82 Å². The number of carbonyl (C=O) groups excluding carboxylic acids is 1. The predicted octanol–water partition coefficient (Wildman–Crippen LogP) is 2.32. The van der Waals surface area contributed by atoms with Crippen molar-refractivity contribution in [1.29, 1.82) is 0 Å². The molecule has 1 amide bonds.